The number of nitrogens with zero attached hydrogens (tertiary/aromatic N) is 4. The van der Waals surface area contributed by atoms with Crippen molar-refractivity contribution in [2.75, 3.05) is 38.1 Å². The number of guanidine groups is 1. The molecule has 0 radical (unpaired) electrons. The van der Waals surface area contributed by atoms with Crippen molar-refractivity contribution < 1.29 is 4.74 Å². The zero-order valence-corrected chi connectivity index (χ0v) is 18.8. The molecule has 4 rings (SSSR count). The molecule has 2 unspecified atom stereocenters. The molecule has 6 nitrogen and oxygen atoms in total. The van der Waals surface area contributed by atoms with E-state index < -0.39 is 0 Å². The van der Waals surface area contributed by atoms with Crippen LogP contribution in [0.2, 0.25) is 0 Å². The lowest BCUT2D eigenvalue weighted by Crippen LogP contribution is -2.45. The lowest BCUT2D eigenvalue weighted by Gasteiger charge is -2.36. The van der Waals surface area contributed by atoms with Crippen LogP contribution < -0.4 is 10.2 Å². The van der Waals surface area contributed by atoms with Gasteiger partial charge in [0.15, 0.2) is 5.96 Å². The Kier molecular flexibility index (Phi) is 6.87. The second-order valence-electron chi connectivity index (χ2n) is 8.38. The maximum atomic E-state index is 5.83. The molecule has 2 aliphatic heterocycles. The normalized spacial score (nSPS) is 22.3. The van der Waals surface area contributed by atoms with Crippen molar-refractivity contribution >= 4 is 17.4 Å². The van der Waals surface area contributed by atoms with Gasteiger partial charge in [-0.1, -0.05) is 42.5 Å². The van der Waals surface area contributed by atoms with E-state index in [0.29, 0.717) is 6.54 Å². The second kappa shape index (κ2) is 9.96. The number of aliphatic imine (C=N–C) groups is 1. The molecule has 1 saturated heterocycles. The smallest absolute Gasteiger partial charge is 0.194 e. The minimum atomic E-state index is 0.233. The molecule has 0 saturated carbocycles. The Hall–Kier alpha value is -2.86. The number of rotatable bonds is 4. The molecule has 0 bridgehead atoms. The number of nitrogens with one attached hydrogen (secondary N) is 1. The van der Waals surface area contributed by atoms with Crippen LogP contribution in [0.4, 0.5) is 5.82 Å². The maximum absolute atomic E-state index is 5.83. The molecule has 31 heavy (non-hydrogen) atoms. The van der Waals surface area contributed by atoms with E-state index in [1.54, 1.807) is 0 Å². The van der Waals surface area contributed by atoms with Crippen LogP contribution in [0.1, 0.15) is 31.4 Å². The van der Waals surface area contributed by atoms with E-state index in [1.165, 1.54) is 11.1 Å². The van der Waals surface area contributed by atoms with Crippen LogP contribution in [-0.4, -0.2) is 61.3 Å². The Balaban J connectivity index is 1.31. The fourth-order valence-electron chi connectivity index (χ4n) is 4.36. The molecular formula is C25H33N5O. The summed E-state index contributed by atoms with van der Waals surface area (Å²) in [6.45, 7) is 8.54. The first kappa shape index (κ1) is 21.4. The summed E-state index contributed by atoms with van der Waals surface area (Å²) in [5, 5.41) is 3.50. The predicted octanol–water partition coefficient (Wildman–Crippen LogP) is 3.56. The van der Waals surface area contributed by atoms with Gasteiger partial charge in [0, 0.05) is 46.0 Å². The molecule has 1 aromatic carbocycles. The predicted molar refractivity (Wildman–Crippen MR) is 127 cm³/mol. The van der Waals surface area contributed by atoms with Gasteiger partial charge in [0.1, 0.15) is 5.82 Å². The first-order chi connectivity index (χ1) is 15.1. The Labute approximate surface area is 185 Å². The van der Waals surface area contributed by atoms with Crippen molar-refractivity contribution in [2.45, 2.75) is 39.0 Å². The van der Waals surface area contributed by atoms with E-state index in [1.807, 2.05) is 13.2 Å². The molecule has 1 aromatic heterocycles. The molecule has 1 fully saturated rings. The fourth-order valence-corrected chi connectivity index (χ4v) is 4.36. The third-order valence-corrected chi connectivity index (χ3v) is 5.87. The van der Waals surface area contributed by atoms with Crippen LogP contribution in [0.25, 0.3) is 5.57 Å². The summed E-state index contributed by atoms with van der Waals surface area (Å²) in [7, 11) is 1.85. The summed E-state index contributed by atoms with van der Waals surface area (Å²) in [6.07, 6.45) is 5.76. The number of hydrogen-bond acceptors (Lipinski definition) is 4. The molecule has 2 aliphatic rings. The van der Waals surface area contributed by atoms with Gasteiger partial charge in [-0.05, 0) is 43.0 Å². The van der Waals surface area contributed by atoms with E-state index in [0.717, 1.165) is 49.9 Å². The number of aromatic nitrogens is 1. The van der Waals surface area contributed by atoms with Crippen LogP contribution in [0.5, 0.6) is 0 Å². The highest BCUT2D eigenvalue weighted by molar-refractivity contribution is 5.81. The van der Waals surface area contributed by atoms with Gasteiger partial charge in [-0.25, -0.2) is 4.98 Å². The van der Waals surface area contributed by atoms with Gasteiger partial charge in [0.25, 0.3) is 0 Å². The molecule has 0 spiro atoms. The molecule has 2 aromatic rings. The van der Waals surface area contributed by atoms with Gasteiger partial charge in [0.05, 0.1) is 12.2 Å². The minimum Gasteiger partial charge on any atom is -0.372 e. The minimum absolute atomic E-state index is 0.233. The molecule has 6 heteroatoms. The largest absolute Gasteiger partial charge is 0.372 e. The number of benzene rings is 1. The Morgan fingerprint density at radius 3 is 2.52 bits per heavy atom. The molecule has 0 amide bonds. The van der Waals surface area contributed by atoms with Crippen molar-refractivity contribution in [1.29, 1.82) is 0 Å². The van der Waals surface area contributed by atoms with Crippen LogP contribution in [0, 0.1) is 0 Å². The highest BCUT2D eigenvalue weighted by atomic mass is 16.5. The topological polar surface area (TPSA) is 53.0 Å². The van der Waals surface area contributed by atoms with Crippen LogP contribution in [-0.2, 0) is 11.3 Å². The highest BCUT2D eigenvalue weighted by Crippen LogP contribution is 2.22. The lowest BCUT2D eigenvalue weighted by atomic mass is 10.00. The zero-order chi connectivity index (χ0) is 21.6. The molecule has 2 atom stereocenters. The van der Waals surface area contributed by atoms with Gasteiger partial charge in [-0.2, -0.15) is 0 Å². The second-order valence-corrected chi connectivity index (χ2v) is 8.38. The van der Waals surface area contributed by atoms with E-state index in [4.69, 9.17) is 9.72 Å². The van der Waals surface area contributed by atoms with E-state index in [9.17, 15) is 0 Å². The Bertz CT molecular complexity index is 899. The SMILES string of the molecule is CN=C(NCc1ccc(N2CC(C)OC(C)C2)nc1)N1CC=C(c2ccccc2)CC1. The first-order valence-electron chi connectivity index (χ1n) is 11.2. The monoisotopic (exact) mass is 419 g/mol. The summed E-state index contributed by atoms with van der Waals surface area (Å²) in [5.74, 6) is 1.95. The summed E-state index contributed by atoms with van der Waals surface area (Å²) >= 11 is 0. The number of anilines is 1. The van der Waals surface area contributed by atoms with Gasteiger partial charge >= 0.3 is 0 Å². The van der Waals surface area contributed by atoms with Gasteiger partial charge in [-0.15, -0.1) is 0 Å². The van der Waals surface area contributed by atoms with Crippen LogP contribution in [0.15, 0.2) is 59.7 Å². The summed E-state index contributed by atoms with van der Waals surface area (Å²) in [4.78, 5) is 13.8. The highest BCUT2D eigenvalue weighted by Gasteiger charge is 2.23. The van der Waals surface area contributed by atoms with Crippen molar-refractivity contribution in [3.8, 4) is 0 Å². The average Bonchev–Trinajstić information content (AvgIpc) is 2.80. The maximum Gasteiger partial charge on any atom is 0.194 e. The fraction of sp³-hybridized carbons (Fsp3) is 0.440. The van der Waals surface area contributed by atoms with Crippen molar-refractivity contribution in [3.05, 3.63) is 65.9 Å². The zero-order valence-electron chi connectivity index (χ0n) is 18.8. The Morgan fingerprint density at radius 2 is 1.90 bits per heavy atom. The van der Waals surface area contributed by atoms with Gasteiger partial charge in [0.2, 0.25) is 0 Å². The third kappa shape index (κ3) is 5.44. The van der Waals surface area contributed by atoms with Crippen molar-refractivity contribution in [1.82, 2.24) is 15.2 Å². The third-order valence-electron chi connectivity index (χ3n) is 5.87. The standard InChI is InChI=1S/C25H33N5O/c1-19-17-30(18-20(2)31-19)24-10-9-21(15-27-24)16-28-25(26-3)29-13-11-23(12-14-29)22-7-5-4-6-8-22/h4-11,15,19-20H,12-14,16-18H2,1-3H3,(H,26,28). The lowest BCUT2D eigenvalue weighted by molar-refractivity contribution is -0.00545. The summed E-state index contributed by atoms with van der Waals surface area (Å²) in [6, 6.07) is 14.9. The van der Waals surface area contributed by atoms with Gasteiger partial charge in [-0.3, -0.25) is 4.99 Å². The number of morpholine rings is 1. The average molecular weight is 420 g/mol. The summed E-state index contributed by atoms with van der Waals surface area (Å²) in [5.41, 5.74) is 3.89. The Morgan fingerprint density at radius 1 is 1.13 bits per heavy atom. The van der Waals surface area contributed by atoms with E-state index in [2.05, 4.69) is 82.5 Å². The number of ether oxygens (including phenoxy) is 1. The first-order valence-corrected chi connectivity index (χ1v) is 11.2. The van der Waals surface area contributed by atoms with Crippen molar-refractivity contribution in [3.63, 3.8) is 0 Å². The molecule has 0 aliphatic carbocycles. The number of hydrogen-bond donors (Lipinski definition) is 1. The number of pyridine rings is 1. The van der Waals surface area contributed by atoms with Crippen LogP contribution >= 0.6 is 0 Å². The molecular weight excluding hydrogens is 386 g/mol. The quantitative estimate of drug-likeness (QED) is 0.607. The molecule has 1 N–H and O–H groups in total. The van der Waals surface area contributed by atoms with E-state index >= 15 is 0 Å². The molecule has 164 valence electrons. The van der Waals surface area contributed by atoms with Crippen LogP contribution in [0.3, 0.4) is 0 Å². The summed E-state index contributed by atoms with van der Waals surface area (Å²) < 4.78 is 5.83. The van der Waals surface area contributed by atoms with Gasteiger partial charge < -0.3 is 19.9 Å². The molecule has 3 heterocycles. The van der Waals surface area contributed by atoms with E-state index in [-0.39, 0.29) is 12.2 Å². The van der Waals surface area contributed by atoms with Crippen molar-refractivity contribution in [2.24, 2.45) is 4.99 Å².